The van der Waals surface area contributed by atoms with Gasteiger partial charge in [0.1, 0.15) is 0 Å². The van der Waals surface area contributed by atoms with Gasteiger partial charge in [-0.3, -0.25) is 4.79 Å². The maximum Gasteiger partial charge on any atom is 0.328 e. The third kappa shape index (κ3) is 6.61. The van der Waals surface area contributed by atoms with Crippen LogP contribution in [0.15, 0.2) is 0 Å². The molecule has 0 fully saturated rings. The van der Waals surface area contributed by atoms with Gasteiger partial charge >= 0.3 is 12.0 Å². The lowest BCUT2D eigenvalue weighted by Gasteiger charge is -2.18. The lowest BCUT2D eigenvalue weighted by Crippen LogP contribution is -2.48. The largest absolute Gasteiger partial charge is 0.480 e. The fourth-order valence-corrected chi connectivity index (χ4v) is 1.41. The van der Waals surface area contributed by atoms with Gasteiger partial charge in [0, 0.05) is 26.1 Å². The molecule has 0 aliphatic carbocycles. The number of carbonyl (C=O) groups excluding carboxylic acids is 2. The summed E-state index contributed by atoms with van der Waals surface area (Å²) < 4.78 is 0. The number of amides is 3. The lowest BCUT2D eigenvalue weighted by atomic mass is 10.3. The van der Waals surface area contributed by atoms with Crippen LogP contribution in [0.2, 0.25) is 0 Å². The van der Waals surface area contributed by atoms with E-state index in [0.29, 0.717) is 13.1 Å². The molecule has 8 heteroatoms. The van der Waals surface area contributed by atoms with E-state index in [1.54, 1.807) is 4.90 Å². The van der Waals surface area contributed by atoms with E-state index in [4.69, 9.17) is 10.2 Å². The maximum atomic E-state index is 11.6. The highest BCUT2D eigenvalue weighted by Crippen LogP contribution is 1.92. The van der Waals surface area contributed by atoms with Gasteiger partial charge in [-0.25, -0.2) is 9.59 Å². The molecule has 0 aromatic heterocycles. The van der Waals surface area contributed by atoms with Gasteiger partial charge in [-0.1, -0.05) is 0 Å². The van der Waals surface area contributed by atoms with Gasteiger partial charge in [-0.2, -0.15) is 0 Å². The Bertz CT molecular complexity index is 317. The summed E-state index contributed by atoms with van der Waals surface area (Å²) in [5, 5.41) is 21.8. The summed E-state index contributed by atoms with van der Waals surface area (Å²) in [6.45, 7) is 4.35. The van der Waals surface area contributed by atoms with Crippen molar-refractivity contribution < 1.29 is 24.6 Å². The van der Waals surface area contributed by atoms with Crippen LogP contribution in [0.1, 0.15) is 20.3 Å². The van der Waals surface area contributed by atoms with Crippen molar-refractivity contribution in [2.45, 2.75) is 26.3 Å². The summed E-state index contributed by atoms with van der Waals surface area (Å²) in [6.07, 6.45) is 0.145. The molecule has 0 aromatic carbocycles. The van der Waals surface area contributed by atoms with Crippen LogP contribution in [0.25, 0.3) is 0 Å². The van der Waals surface area contributed by atoms with Gasteiger partial charge in [0.05, 0.1) is 6.61 Å². The molecular weight excluding hydrogens is 254 g/mol. The lowest BCUT2D eigenvalue weighted by molar-refractivity contribution is -0.140. The van der Waals surface area contributed by atoms with E-state index in [9.17, 15) is 14.4 Å². The summed E-state index contributed by atoms with van der Waals surface area (Å²) in [5.41, 5.74) is 0. The summed E-state index contributed by atoms with van der Waals surface area (Å²) in [4.78, 5) is 35.1. The molecule has 1 atom stereocenters. The first kappa shape index (κ1) is 17.2. The topological polar surface area (TPSA) is 119 Å². The molecular formula is C11H21N3O5. The molecule has 0 saturated carbocycles. The van der Waals surface area contributed by atoms with Crippen LogP contribution >= 0.6 is 0 Å². The number of hydrogen-bond donors (Lipinski definition) is 4. The molecule has 4 N–H and O–H groups in total. The predicted octanol–water partition coefficient (Wildman–Crippen LogP) is -1.01. The van der Waals surface area contributed by atoms with Crippen LogP contribution in [0.3, 0.4) is 0 Å². The number of carboxylic acid groups (broad SMARTS) is 1. The van der Waals surface area contributed by atoms with Crippen molar-refractivity contribution in [2.75, 3.05) is 26.2 Å². The molecule has 1 unspecified atom stereocenters. The van der Waals surface area contributed by atoms with E-state index >= 15 is 0 Å². The number of aliphatic hydroxyl groups excluding tert-OH is 1. The Morgan fingerprint density at radius 1 is 1.21 bits per heavy atom. The minimum Gasteiger partial charge on any atom is -0.480 e. The first-order valence-electron chi connectivity index (χ1n) is 6.12. The Labute approximate surface area is 111 Å². The highest BCUT2D eigenvalue weighted by Gasteiger charge is 2.18. The normalized spacial score (nSPS) is 11.5. The second kappa shape index (κ2) is 9.15. The molecule has 0 saturated heterocycles. The van der Waals surface area contributed by atoms with Gasteiger partial charge in [0.25, 0.3) is 0 Å². The molecule has 0 radical (unpaired) electrons. The molecule has 19 heavy (non-hydrogen) atoms. The summed E-state index contributed by atoms with van der Waals surface area (Å²) in [6, 6.07) is -2.08. The van der Waals surface area contributed by atoms with Gasteiger partial charge < -0.3 is 25.7 Å². The molecule has 0 aliphatic rings. The third-order valence-corrected chi connectivity index (χ3v) is 2.53. The highest BCUT2D eigenvalue weighted by molar-refractivity contribution is 5.83. The Morgan fingerprint density at radius 2 is 1.79 bits per heavy atom. The number of rotatable bonds is 8. The monoisotopic (exact) mass is 275 g/mol. The van der Waals surface area contributed by atoms with Crippen molar-refractivity contribution in [2.24, 2.45) is 0 Å². The average molecular weight is 275 g/mol. The standard InChI is InChI=1S/C11H21N3O5/c1-3-14(4-2)9(16)5-6-12-11(19)13-8(7-15)10(17)18/h8,15H,3-7H2,1-2H3,(H,17,18)(H2,12,13,19). The number of aliphatic hydroxyl groups is 1. The number of hydrogen-bond acceptors (Lipinski definition) is 4. The first-order valence-corrected chi connectivity index (χ1v) is 6.12. The van der Waals surface area contributed by atoms with E-state index in [1.807, 2.05) is 13.8 Å². The van der Waals surface area contributed by atoms with E-state index < -0.39 is 24.6 Å². The van der Waals surface area contributed by atoms with E-state index in [-0.39, 0.29) is 18.9 Å². The van der Waals surface area contributed by atoms with Crippen molar-refractivity contribution in [3.63, 3.8) is 0 Å². The van der Waals surface area contributed by atoms with Crippen LogP contribution in [-0.2, 0) is 9.59 Å². The second-order valence-electron chi connectivity index (χ2n) is 3.79. The maximum absolute atomic E-state index is 11.6. The third-order valence-electron chi connectivity index (χ3n) is 2.53. The quantitative estimate of drug-likeness (QED) is 0.452. The van der Waals surface area contributed by atoms with Crippen LogP contribution in [0.5, 0.6) is 0 Å². The summed E-state index contributed by atoms with van der Waals surface area (Å²) >= 11 is 0. The molecule has 0 heterocycles. The van der Waals surface area contributed by atoms with Crippen molar-refractivity contribution in [1.29, 1.82) is 0 Å². The molecule has 0 spiro atoms. The van der Waals surface area contributed by atoms with Crippen molar-refractivity contribution in [3.05, 3.63) is 0 Å². The van der Waals surface area contributed by atoms with Crippen LogP contribution < -0.4 is 10.6 Å². The molecule has 110 valence electrons. The van der Waals surface area contributed by atoms with E-state index in [2.05, 4.69) is 10.6 Å². The van der Waals surface area contributed by atoms with Gasteiger partial charge in [-0.05, 0) is 13.8 Å². The fourth-order valence-electron chi connectivity index (χ4n) is 1.41. The van der Waals surface area contributed by atoms with Crippen molar-refractivity contribution in [3.8, 4) is 0 Å². The minimum absolute atomic E-state index is 0.0813. The Balaban J connectivity index is 3.98. The Morgan fingerprint density at radius 3 is 2.21 bits per heavy atom. The zero-order valence-corrected chi connectivity index (χ0v) is 11.2. The van der Waals surface area contributed by atoms with Crippen LogP contribution in [-0.4, -0.2) is 65.3 Å². The number of carboxylic acids is 1. The van der Waals surface area contributed by atoms with E-state index in [0.717, 1.165) is 0 Å². The molecule has 8 nitrogen and oxygen atoms in total. The zero-order chi connectivity index (χ0) is 14.8. The number of nitrogens with one attached hydrogen (secondary N) is 2. The second-order valence-corrected chi connectivity index (χ2v) is 3.79. The number of urea groups is 1. The Kier molecular flexibility index (Phi) is 8.27. The SMILES string of the molecule is CCN(CC)C(=O)CCNC(=O)NC(CO)C(=O)O. The molecule has 0 aliphatic heterocycles. The minimum atomic E-state index is -1.35. The van der Waals surface area contributed by atoms with Crippen LogP contribution in [0, 0.1) is 0 Å². The predicted molar refractivity (Wildman–Crippen MR) is 67.6 cm³/mol. The van der Waals surface area contributed by atoms with Gasteiger partial charge in [-0.15, -0.1) is 0 Å². The summed E-state index contributed by atoms with van der Waals surface area (Å²) in [7, 11) is 0. The molecule has 3 amide bonds. The number of nitrogens with zero attached hydrogens (tertiary/aromatic N) is 1. The highest BCUT2D eigenvalue weighted by atomic mass is 16.4. The van der Waals surface area contributed by atoms with Crippen LogP contribution in [0.4, 0.5) is 4.79 Å². The molecule has 0 bridgehead atoms. The number of aliphatic carboxylic acids is 1. The van der Waals surface area contributed by atoms with Gasteiger partial charge in [0.15, 0.2) is 6.04 Å². The average Bonchev–Trinajstić information content (AvgIpc) is 2.37. The van der Waals surface area contributed by atoms with Crippen molar-refractivity contribution in [1.82, 2.24) is 15.5 Å². The number of carbonyl (C=O) groups is 3. The Hall–Kier alpha value is -1.83. The smallest absolute Gasteiger partial charge is 0.328 e. The molecule has 0 rings (SSSR count). The first-order chi connectivity index (χ1) is 8.96. The van der Waals surface area contributed by atoms with E-state index in [1.165, 1.54) is 0 Å². The molecule has 0 aromatic rings. The van der Waals surface area contributed by atoms with Gasteiger partial charge in [0.2, 0.25) is 5.91 Å². The fraction of sp³-hybridized carbons (Fsp3) is 0.727. The zero-order valence-electron chi connectivity index (χ0n) is 11.2. The summed E-state index contributed by atoms with van der Waals surface area (Å²) in [5.74, 6) is -1.40. The van der Waals surface area contributed by atoms with Crippen molar-refractivity contribution >= 4 is 17.9 Å².